The lowest BCUT2D eigenvalue weighted by Gasteiger charge is -2.12. The fourth-order valence-electron chi connectivity index (χ4n) is 1.42. The van der Waals surface area contributed by atoms with Gasteiger partial charge < -0.3 is 5.11 Å². The van der Waals surface area contributed by atoms with Crippen LogP contribution < -0.4 is 4.72 Å². The van der Waals surface area contributed by atoms with Crippen molar-refractivity contribution in [1.29, 1.82) is 0 Å². The molecular weight excluding hydrogens is 342 g/mol. The molecular formula is C10H14BrNO4S2. The predicted molar refractivity (Wildman–Crippen MR) is 73.4 cm³/mol. The number of nitrogens with one attached hydrogen (secondary N) is 1. The molecule has 5 nitrogen and oxygen atoms in total. The second-order valence-electron chi connectivity index (χ2n) is 3.93. The Labute approximate surface area is 118 Å². The number of sulfonamides is 1. The van der Waals surface area contributed by atoms with Crippen molar-refractivity contribution in [1.82, 2.24) is 4.72 Å². The predicted octanol–water partition coefficient (Wildman–Crippen LogP) is 2.35. The van der Waals surface area contributed by atoms with Gasteiger partial charge in [-0.3, -0.25) is 4.79 Å². The number of carboxylic acid groups (broad SMARTS) is 1. The van der Waals surface area contributed by atoms with E-state index in [1.165, 1.54) is 11.3 Å². The molecule has 0 bridgehead atoms. The number of hydrogen-bond acceptors (Lipinski definition) is 4. The van der Waals surface area contributed by atoms with E-state index in [2.05, 4.69) is 20.7 Å². The van der Waals surface area contributed by atoms with E-state index in [-0.39, 0.29) is 17.7 Å². The lowest BCUT2D eigenvalue weighted by atomic mass is 10.2. The standard InChI is InChI=1S/C10H14BrNO4S2/c1-6(3-4-10(13)14)12-18(15,16)8-5-9(11)17-7(8)2/h5-6,12H,3-4H2,1-2H3,(H,13,14). The Morgan fingerprint density at radius 3 is 2.67 bits per heavy atom. The Morgan fingerprint density at radius 1 is 1.61 bits per heavy atom. The van der Waals surface area contributed by atoms with Gasteiger partial charge in [0.2, 0.25) is 10.0 Å². The van der Waals surface area contributed by atoms with Gasteiger partial charge in [0.1, 0.15) is 0 Å². The largest absolute Gasteiger partial charge is 0.481 e. The summed E-state index contributed by atoms with van der Waals surface area (Å²) >= 11 is 4.58. The average molecular weight is 356 g/mol. The summed E-state index contributed by atoms with van der Waals surface area (Å²) in [6, 6.07) is 1.14. The second-order valence-corrected chi connectivity index (χ2v) is 8.24. The summed E-state index contributed by atoms with van der Waals surface area (Å²) in [6.07, 6.45) is 0.203. The van der Waals surface area contributed by atoms with Crippen LogP contribution >= 0.6 is 27.3 Å². The van der Waals surface area contributed by atoms with Gasteiger partial charge in [-0.25, -0.2) is 13.1 Å². The van der Waals surface area contributed by atoms with Gasteiger partial charge in [-0.05, 0) is 42.3 Å². The number of carboxylic acids is 1. The smallest absolute Gasteiger partial charge is 0.303 e. The lowest BCUT2D eigenvalue weighted by molar-refractivity contribution is -0.137. The molecule has 1 atom stereocenters. The van der Waals surface area contributed by atoms with Crippen molar-refractivity contribution in [2.24, 2.45) is 0 Å². The van der Waals surface area contributed by atoms with E-state index in [4.69, 9.17) is 5.11 Å². The highest BCUT2D eigenvalue weighted by Gasteiger charge is 2.21. The van der Waals surface area contributed by atoms with Gasteiger partial charge in [0.05, 0.1) is 8.68 Å². The molecule has 0 aromatic carbocycles. The van der Waals surface area contributed by atoms with Crippen molar-refractivity contribution in [3.8, 4) is 0 Å². The zero-order chi connectivity index (χ0) is 13.9. The van der Waals surface area contributed by atoms with Crippen LogP contribution in [0, 0.1) is 6.92 Å². The van der Waals surface area contributed by atoms with Gasteiger partial charge in [0.15, 0.2) is 0 Å². The molecule has 2 N–H and O–H groups in total. The third kappa shape index (κ3) is 4.34. The number of hydrogen-bond donors (Lipinski definition) is 2. The Morgan fingerprint density at radius 2 is 2.22 bits per heavy atom. The van der Waals surface area contributed by atoms with Crippen molar-refractivity contribution >= 4 is 43.3 Å². The molecule has 0 aliphatic carbocycles. The van der Waals surface area contributed by atoms with Gasteiger partial charge in [-0.2, -0.15) is 0 Å². The lowest BCUT2D eigenvalue weighted by Crippen LogP contribution is -2.33. The highest BCUT2D eigenvalue weighted by molar-refractivity contribution is 9.11. The third-order valence-electron chi connectivity index (χ3n) is 2.28. The number of rotatable bonds is 6. The van der Waals surface area contributed by atoms with E-state index < -0.39 is 22.0 Å². The maximum atomic E-state index is 12.0. The highest BCUT2D eigenvalue weighted by atomic mass is 79.9. The zero-order valence-corrected chi connectivity index (χ0v) is 13.2. The number of aryl methyl sites for hydroxylation is 1. The van der Waals surface area contributed by atoms with Crippen LogP contribution in [0.3, 0.4) is 0 Å². The number of thiophene rings is 1. The van der Waals surface area contributed by atoms with Crippen molar-refractivity contribution < 1.29 is 18.3 Å². The molecule has 18 heavy (non-hydrogen) atoms. The van der Waals surface area contributed by atoms with E-state index in [0.717, 1.165) is 3.79 Å². The van der Waals surface area contributed by atoms with E-state index in [1.54, 1.807) is 19.9 Å². The van der Waals surface area contributed by atoms with E-state index in [0.29, 0.717) is 4.88 Å². The summed E-state index contributed by atoms with van der Waals surface area (Å²) in [7, 11) is -3.58. The second kappa shape index (κ2) is 6.14. The summed E-state index contributed by atoms with van der Waals surface area (Å²) in [5, 5.41) is 8.54. The summed E-state index contributed by atoms with van der Waals surface area (Å²) in [5.41, 5.74) is 0. The Balaban J connectivity index is 2.76. The van der Waals surface area contributed by atoms with Crippen LogP contribution in [0.15, 0.2) is 14.7 Å². The molecule has 0 fully saturated rings. The fourth-order valence-corrected chi connectivity index (χ4v) is 5.12. The van der Waals surface area contributed by atoms with Gasteiger partial charge in [-0.15, -0.1) is 11.3 Å². The van der Waals surface area contributed by atoms with Gasteiger partial charge in [-0.1, -0.05) is 0 Å². The van der Waals surface area contributed by atoms with Crippen LogP contribution in [0.5, 0.6) is 0 Å². The molecule has 1 aromatic heterocycles. The molecule has 0 saturated heterocycles. The summed E-state index contributed by atoms with van der Waals surface area (Å²) in [4.78, 5) is 11.3. The summed E-state index contributed by atoms with van der Waals surface area (Å²) in [5.74, 6) is -0.935. The van der Waals surface area contributed by atoms with E-state index in [1.807, 2.05) is 0 Å². The first-order valence-corrected chi connectivity index (χ1v) is 8.31. The third-order valence-corrected chi connectivity index (χ3v) is 5.68. The Kier molecular flexibility index (Phi) is 5.32. The van der Waals surface area contributed by atoms with Crippen LogP contribution in [0.1, 0.15) is 24.6 Å². The monoisotopic (exact) mass is 355 g/mol. The molecule has 102 valence electrons. The fraction of sp³-hybridized carbons (Fsp3) is 0.500. The number of halogens is 1. The quantitative estimate of drug-likeness (QED) is 0.820. The van der Waals surface area contributed by atoms with Crippen LogP contribution in [0.2, 0.25) is 0 Å². The Bertz CT molecular complexity index is 538. The zero-order valence-electron chi connectivity index (χ0n) is 9.94. The minimum atomic E-state index is -3.58. The van der Waals surface area contributed by atoms with E-state index in [9.17, 15) is 13.2 Å². The molecule has 0 amide bonds. The van der Waals surface area contributed by atoms with Crippen molar-refractivity contribution in [3.05, 3.63) is 14.7 Å². The van der Waals surface area contributed by atoms with Crippen LogP contribution in [0.25, 0.3) is 0 Å². The maximum Gasteiger partial charge on any atom is 0.303 e. The molecule has 0 aliphatic rings. The molecule has 1 heterocycles. The summed E-state index contributed by atoms with van der Waals surface area (Å²) in [6.45, 7) is 3.38. The molecule has 1 rings (SSSR count). The molecule has 1 aromatic rings. The number of aliphatic carboxylic acids is 1. The molecule has 0 aliphatic heterocycles. The van der Waals surface area contributed by atoms with Crippen molar-refractivity contribution in [3.63, 3.8) is 0 Å². The van der Waals surface area contributed by atoms with Crippen molar-refractivity contribution in [2.75, 3.05) is 0 Å². The van der Waals surface area contributed by atoms with Crippen LogP contribution in [0.4, 0.5) is 0 Å². The van der Waals surface area contributed by atoms with Gasteiger partial charge in [0.25, 0.3) is 0 Å². The summed E-state index contributed by atoms with van der Waals surface area (Å²) < 4.78 is 27.3. The minimum Gasteiger partial charge on any atom is -0.481 e. The molecule has 0 saturated carbocycles. The molecule has 0 spiro atoms. The highest BCUT2D eigenvalue weighted by Crippen LogP contribution is 2.29. The first kappa shape index (κ1) is 15.6. The molecule has 0 radical (unpaired) electrons. The van der Waals surface area contributed by atoms with Gasteiger partial charge >= 0.3 is 5.97 Å². The van der Waals surface area contributed by atoms with Crippen LogP contribution in [-0.2, 0) is 14.8 Å². The normalized spacial score (nSPS) is 13.5. The van der Waals surface area contributed by atoms with E-state index >= 15 is 0 Å². The van der Waals surface area contributed by atoms with Crippen LogP contribution in [-0.4, -0.2) is 25.5 Å². The maximum absolute atomic E-state index is 12.0. The van der Waals surface area contributed by atoms with Crippen molar-refractivity contribution in [2.45, 2.75) is 37.6 Å². The first-order valence-electron chi connectivity index (χ1n) is 5.22. The molecule has 1 unspecified atom stereocenters. The average Bonchev–Trinajstić information content (AvgIpc) is 2.55. The SMILES string of the molecule is Cc1sc(Br)cc1S(=O)(=O)NC(C)CCC(=O)O. The first-order chi connectivity index (χ1) is 8.22. The van der Waals surface area contributed by atoms with Gasteiger partial charge in [0, 0.05) is 17.3 Å². The Hall–Kier alpha value is -0.440. The minimum absolute atomic E-state index is 0.0595. The molecule has 8 heteroatoms. The topological polar surface area (TPSA) is 83.5 Å². The number of carbonyl (C=O) groups is 1.